The Morgan fingerprint density at radius 3 is 2.73 bits per heavy atom. The van der Waals surface area contributed by atoms with Gasteiger partial charge in [-0.25, -0.2) is 0 Å². The van der Waals surface area contributed by atoms with Gasteiger partial charge >= 0.3 is 11.8 Å². The number of nitrogens with zero attached hydrogens (tertiary/aromatic N) is 1. The van der Waals surface area contributed by atoms with E-state index in [1.807, 2.05) is 24.4 Å². The van der Waals surface area contributed by atoms with Crippen molar-refractivity contribution in [3.05, 3.63) is 30.5 Å². The number of aliphatic hydroxyl groups excluding tert-OH is 1. The van der Waals surface area contributed by atoms with Crippen molar-refractivity contribution in [2.45, 2.75) is 32.9 Å². The highest BCUT2D eigenvalue weighted by atomic mass is 16.3. The molecule has 0 spiro atoms. The van der Waals surface area contributed by atoms with Crippen LogP contribution in [0.1, 0.15) is 20.3 Å². The predicted octanol–water partition coefficient (Wildman–Crippen LogP) is 1.49. The maximum Gasteiger partial charge on any atom is 0.313 e. The first-order valence-corrected chi connectivity index (χ1v) is 7.36. The second-order valence-corrected chi connectivity index (χ2v) is 5.29. The van der Waals surface area contributed by atoms with Gasteiger partial charge in [-0.15, -0.1) is 0 Å². The lowest BCUT2D eigenvalue weighted by molar-refractivity contribution is -0.136. The fourth-order valence-electron chi connectivity index (χ4n) is 2.24. The van der Waals surface area contributed by atoms with Gasteiger partial charge in [0.05, 0.1) is 6.61 Å². The van der Waals surface area contributed by atoms with Crippen molar-refractivity contribution in [2.75, 3.05) is 11.9 Å². The normalized spacial score (nSPS) is 12.1. The number of nitrogens with one attached hydrogen (secondary N) is 2. The van der Waals surface area contributed by atoms with E-state index in [1.165, 1.54) is 0 Å². The van der Waals surface area contributed by atoms with Crippen molar-refractivity contribution in [2.24, 2.45) is 0 Å². The van der Waals surface area contributed by atoms with Crippen LogP contribution in [-0.2, 0) is 16.1 Å². The zero-order valence-corrected chi connectivity index (χ0v) is 12.8. The standard InChI is InChI=1S/C16H21N3O3/c1-3-7-19-8-6-12-9-13(4-5-14(12)19)18-16(22)15(21)17-11(2)10-20/h4-6,8-9,11,20H,3,7,10H2,1-2H3,(H,17,21)(H,18,22). The van der Waals surface area contributed by atoms with E-state index in [1.54, 1.807) is 13.0 Å². The Hall–Kier alpha value is -2.34. The number of fused-ring (bicyclic) bond motifs is 1. The minimum absolute atomic E-state index is 0.212. The summed E-state index contributed by atoms with van der Waals surface area (Å²) in [5.41, 5.74) is 1.66. The van der Waals surface area contributed by atoms with Crippen LogP contribution in [0, 0.1) is 0 Å². The monoisotopic (exact) mass is 303 g/mol. The molecule has 22 heavy (non-hydrogen) atoms. The van der Waals surface area contributed by atoms with E-state index in [2.05, 4.69) is 22.1 Å². The molecule has 1 atom stereocenters. The van der Waals surface area contributed by atoms with E-state index >= 15 is 0 Å². The molecule has 0 aliphatic heterocycles. The smallest absolute Gasteiger partial charge is 0.313 e. The number of rotatable bonds is 5. The van der Waals surface area contributed by atoms with Gasteiger partial charge in [-0.2, -0.15) is 0 Å². The molecule has 1 aromatic heterocycles. The summed E-state index contributed by atoms with van der Waals surface area (Å²) in [7, 11) is 0. The molecule has 2 amide bonds. The summed E-state index contributed by atoms with van der Waals surface area (Å²) in [6, 6.07) is 7.06. The minimum atomic E-state index is -0.759. The van der Waals surface area contributed by atoms with Crippen LogP contribution in [0.3, 0.4) is 0 Å². The van der Waals surface area contributed by atoms with Crippen LogP contribution in [0.2, 0.25) is 0 Å². The molecule has 0 radical (unpaired) electrons. The van der Waals surface area contributed by atoms with Gasteiger partial charge in [0.2, 0.25) is 0 Å². The number of aliphatic hydroxyl groups is 1. The Morgan fingerprint density at radius 2 is 2.05 bits per heavy atom. The summed E-state index contributed by atoms with van der Waals surface area (Å²) in [4.78, 5) is 23.4. The number of carbonyl (C=O) groups is 2. The Kier molecular flexibility index (Phi) is 5.16. The highest BCUT2D eigenvalue weighted by Crippen LogP contribution is 2.20. The SMILES string of the molecule is CCCn1ccc2cc(NC(=O)C(=O)NC(C)CO)ccc21. The molecule has 1 unspecified atom stereocenters. The van der Waals surface area contributed by atoms with Crippen LogP contribution in [0.4, 0.5) is 5.69 Å². The van der Waals surface area contributed by atoms with Gasteiger partial charge in [0.1, 0.15) is 0 Å². The minimum Gasteiger partial charge on any atom is -0.394 e. The molecular weight excluding hydrogens is 282 g/mol. The zero-order chi connectivity index (χ0) is 16.1. The topological polar surface area (TPSA) is 83.4 Å². The van der Waals surface area contributed by atoms with Crippen LogP contribution in [0.15, 0.2) is 30.5 Å². The number of anilines is 1. The fourth-order valence-corrected chi connectivity index (χ4v) is 2.24. The van der Waals surface area contributed by atoms with Crippen molar-refractivity contribution in [3.63, 3.8) is 0 Å². The third kappa shape index (κ3) is 3.65. The maximum atomic E-state index is 11.8. The number of aromatic nitrogens is 1. The number of amides is 2. The molecule has 0 saturated heterocycles. The van der Waals surface area contributed by atoms with Crippen LogP contribution < -0.4 is 10.6 Å². The Labute approximate surface area is 129 Å². The van der Waals surface area contributed by atoms with Crippen molar-refractivity contribution < 1.29 is 14.7 Å². The molecule has 0 aliphatic carbocycles. The van der Waals surface area contributed by atoms with E-state index < -0.39 is 17.9 Å². The van der Waals surface area contributed by atoms with Crippen LogP contribution in [0.5, 0.6) is 0 Å². The molecule has 1 aromatic carbocycles. The molecule has 0 fully saturated rings. The number of aryl methyl sites for hydroxylation is 1. The summed E-state index contributed by atoms with van der Waals surface area (Å²) < 4.78 is 2.15. The van der Waals surface area contributed by atoms with E-state index in [-0.39, 0.29) is 6.61 Å². The Morgan fingerprint density at radius 1 is 1.27 bits per heavy atom. The summed E-state index contributed by atoms with van der Waals surface area (Å²) in [5, 5.41) is 14.8. The van der Waals surface area contributed by atoms with Gasteiger partial charge in [-0.3, -0.25) is 9.59 Å². The Balaban J connectivity index is 2.08. The van der Waals surface area contributed by atoms with Crippen LogP contribution in [-0.4, -0.2) is 34.1 Å². The number of carbonyl (C=O) groups excluding carboxylic acids is 2. The third-order valence-corrected chi connectivity index (χ3v) is 3.35. The quantitative estimate of drug-likeness (QED) is 0.732. The molecule has 3 N–H and O–H groups in total. The summed E-state index contributed by atoms with van der Waals surface area (Å²) in [6.45, 7) is 4.46. The van der Waals surface area contributed by atoms with E-state index in [9.17, 15) is 9.59 Å². The van der Waals surface area contributed by atoms with Crippen molar-refractivity contribution in [1.29, 1.82) is 0 Å². The van der Waals surface area contributed by atoms with Gasteiger partial charge in [0.25, 0.3) is 0 Å². The molecule has 118 valence electrons. The molecule has 2 rings (SSSR count). The second-order valence-electron chi connectivity index (χ2n) is 5.29. The lowest BCUT2D eigenvalue weighted by Crippen LogP contribution is -2.42. The average molecular weight is 303 g/mol. The second kappa shape index (κ2) is 7.09. The summed E-state index contributed by atoms with van der Waals surface area (Å²) >= 11 is 0. The highest BCUT2D eigenvalue weighted by Gasteiger charge is 2.16. The third-order valence-electron chi connectivity index (χ3n) is 3.35. The van der Waals surface area contributed by atoms with Crippen LogP contribution >= 0.6 is 0 Å². The number of hydrogen-bond acceptors (Lipinski definition) is 3. The fraction of sp³-hybridized carbons (Fsp3) is 0.375. The molecular formula is C16H21N3O3. The van der Waals surface area contributed by atoms with Gasteiger partial charge < -0.3 is 20.3 Å². The molecule has 0 aliphatic rings. The van der Waals surface area contributed by atoms with E-state index in [0.717, 1.165) is 23.9 Å². The van der Waals surface area contributed by atoms with Crippen molar-refractivity contribution in [1.82, 2.24) is 9.88 Å². The van der Waals surface area contributed by atoms with Gasteiger partial charge in [-0.05, 0) is 37.6 Å². The van der Waals surface area contributed by atoms with Gasteiger partial charge in [-0.1, -0.05) is 6.92 Å². The number of hydrogen-bond donors (Lipinski definition) is 3. The molecule has 6 nitrogen and oxygen atoms in total. The van der Waals surface area contributed by atoms with Crippen molar-refractivity contribution >= 4 is 28.4 Å². The van der Waals surface area contributed by atoms with E-state index in [0.29, 0.717) is 5.69 Å². The molecule has 6 heteroatoms. The summed E-state index contributed by atoms with van der Waals surface area (Å²) in [6.07, 6.45) is 3.06. The lowest BCUT2D eigenvalue weighted by Gasteiger charge is -2.11. The van der Waals surface area contributed by atoms with Gasteiger partial charge in [0.15, 0.2) is 0 Å². The van der Waals surface area contributed by atoms with Gasteiger partial charge in [0, 0.05) is 35.4 Å². The largest absolute Gasteiger partial charge is 0.394 e. The average Bonchev–Trinajstić information content (AvgIpc) is 2.90. The highest BCUT2D eigenvalue weighted by molar-refractivity contribution is 6.39. The molecule has 1 heterocycles. The Bertz CT molecular complexity index is 678. The first kappa shape index (κ1) is 16.0. The molecule has 0 saturated carbocycles. The van der Waals surface area contributed by atoms with Crippen LogP contribution in [0.25, 0.3) is 10.9 Å². The zero-order valence-electron chi connectivity index (χ0n) is 12.8. The first-order valence-electron chi connectivity index (χ1n) is 7.36. The van der Waals surface area contributed by atoms with Crippen molar-refractivity contribution in [3.8, 4) is 0 Å². The first-order chi connectivity index (χ1) is 10.5. The molecule has 2 aromatic rings. The lowest BCUT2D eigenvalue weighted by atomic mass is 10.2. The predicted molar refractivity (Wildman–Crippen MR) is 85.5 cm³/mol. The summed E-state index contributed by atoms with van der Waals surface area (Å²) in [5.74, 6) is -1.50. The maximum absolute atomic E-state index is 11.8. The van der Waals surface area contributed by atoms with E-state index in [4.69, 9.17) is 5.11 Å². The molecule has 0 bridgehead atoms. The number of benzene rings is 1.